The van der Waals surface area contributed by atoms with Crippen molar-refractivity contribution >= 4 is 45.6 Å². The highest BCUT2D eigenvalue weighted by molar-refractivity contribution is 9.10. The van der Waals surface area contributed by atoms with Crippen LogP contribution in [-0.2, 0) is 20.9 Å². The van der Waals surface area contributed by atoms with Gasteiger partial charge in [-0.3, -0.25) is 14.4 Å². The Morgan fingerprint density at radius 1 is 0.971 bits per heavy atom. The summed E-state index contributed by atoms with van der Waals surface area (Å²) in [6, 6.07) is 21.6. The molecule has 3 amide bonds. The molecule has 0 aromatic heterocycles. The zero-order valence-corrected chi connectivity index (χ0v) is 20.0. The van der Waals surface area contributed by atoms with Gasteiger partial charge in [0.05, 0.1) is 6.21 Å². The number of carbonyl (C=O) groups is 3. The fourth-order valence-corrected chi connectivity index (χ4v) is 3.01. The molecule has 8 nitrogen and oxygen atoms in total. The van der Waals surface area contributed by atoms with Gasteiger partial charge >= 0.3 is 11.8 Å². The van der Waals surface area contributed by atoms with E-state index in [1.54, 1.807) is 36.4 Å². The van der Waals surface area contributed by atoms with Crippen molar-refractivity contribution < 1.29 is 19.1 Å². The average molecular weight is 523 g/mol. The first-order chi connectivity index (χ1) is 16.4. The van der Waals surface area contributed by atoms with Gasteiger partial charge in [0.25, 0.3) is 5.91 Å². The molecule has 174 valence electrons. The highest BCUT2D eigenvalue weighted by atomic mass is 79.9. The van der Waals surface area contributed by atoms with Gasteiger partial charge in [0.15, 0.2) is 6.61 Å². The number of rotatable bonds is 8. The molecule has 3 N–H and O–H groups in total. The van der Waals surface area contributed by atoms with Crippen LogP contribution in [0.15, 0.2) is 82.4 Å². The first-order valence-corrected chi connectivity index (χ1v) is 11.1. The van der Waals surface area contributed by atoms with Gasteiger partial charge in [0.2, 0.25) is 0 Å². The number of hydrazone groups is 1. The molecule has 9 heteroatoms. The Kier molecular flexibility index (Phi) is 8.93. The number of carbonyl (C=O) groups excluding carboxylic acids is 3. The molecule has 3 rings (SSSR count). The second kappa shape index (κ2) is 12.3. The van der Waals surface area contributed by atoms with Crippen molar-refractivity contribution in [1.82, 2.24) is 10.7 Å². The fraction of sp³-hybridized carbons (Fsp3) is 0.120. The monoisotopic (exact) mass is 522 g/mol. The van der Waals surface area contributed by atoms with E-state index in [9.17, 15) is 14.4 Å². The molecule has 0 fully saturated rings. The van der Waals surface area contributed by atoms with Gasteiger partial charge in [-0.2, -0.15) is 5.10 Å². The van der Waals surface area contributed by atoms with E-state index in [1.807, 2.05) is 43.3 Å². The lowest BCUT2D eigenvalue weighted by molar-refractivity contribution is -0.139. The first kappa shape index (κ1) is 24.7. The van der Waals surface area contributed by atoms with Crippen LogP contribution in [-0.4, -0.2) is 30.5 Å². The maximum Gasteiger partial charge on any atom is 0.329 e. The van der Waals surface area contributed by atoms with E-state index in [0.717, 1.165) is 15.6 Å². The lowest BCUT2D eigenvalue weighted by atomic mass is 10.1. The van der Waals surface area contributed by atoms with Crippen molar-refractivity contribution in [2.45, 2.75) is 13.5 Å². The molecular weight excluding hydrogens is 500 g/mol. The minimum absolute atomic E-state index is 0.172. The van der Waals surface area contributed by atoms with Crippen molar-refractivity contribution in [2.75, 3.05) is 11.9 Å². The highest BCUT2D eigenvalue weighted by Crippen LogP contribution is 2.15. The van der Waals surface area contributed by atoms with Crippen molar-refractivity contribution in [3.63, 3.8) is 0 Å². The van der Waals surface area contributed by atoms with Crippen LogP contribution in [0.2, 0.25) is 0 Å². The fourth-order valence-electron chi connectivity index (χ4n) is 2.75. The molecular formula is C25H23BrN4O4. The van der Waals surface area contributed by atoms with Gasteiger partial charge in [0, 0.05) is 16.7 Å². The van der Waals surface area contributed by atoms with Crippen molar-refractivity contribution in [3.8, 4) is 5.75 Å². The summed E-state index contributed by atoms with van der Waals surface area (Å²) in [5, 5.41) is 9.08. The molecule has 34 heavy (non-hydrogen) atoms. The summed E-state index contributed by atoms with van der Waals surface area (Å²) in [5.74, 6) is -1.51. The molecule has 0 saturated carbocycles. The number of amides is 3. The number of halogens is 1. The molecule has 0 aliphatic rings. The van der Waals surface area contributed by atoms with Crippen LogP contribution in [0.3, 0.4) is 0 Å². The number of nitrogens with zero attached hydrogens (tertiary/aromatic N) is 1. The van der Waals surface area contributed by atoms with Crippen molar-refractivity contribution in [3.05, 3.63) is 94.0 Å². The molecule has 0 aliphatic carbocycles. The summed E-state index contributed by atoms with van der Waals surface area (Å²) in [6.45, 7) is 2.04. The van der Waals surface area contributed by atoms with E-state index in [0.29, 0.717) is 17.0 Å². The van der Waals surface area contributed by atoms with Gasteiger partial charge in [-0.1, -0.05) is 57.9 Å². The molecule has 0 bridgehead atoms. The molecule has 0 unspecified atom stereocenters. The smallest absolute Gasteiger partial charge is 0.329 e. The number of hydrogen-bond donors (Lipinski definition) is 3. The Morgan fingerprint density at radius 3 is 2.44 bits per heavy atom. The summed E-state index contributed by atoms with van der Waals surface area (Å²) in [4.78, 5) is 35.9. The third-order valence-corrected chi connectivity index (χ3v) is 5.04. The van der Waals surface area contributed by atoms with Crippen LogP contribution in [0.4, 0.5) is 5.69 Å². The van der Waals surface area contributed by atoms with Gasteiger partial charge < -0.3 is 15.4 Å². The SMILES string of the molecule is Cc1ccc(CNC(=O)C(=O)N/N=C\c2cccc(OCC(=O)Nc3ccc(Br)cc3)c2)cc1. The number of anilines is 1. The van der Waals surface area contributed by atoms with Crippen LogP contribution < -0.4 is 20.8 Å². The third kappa shape index (κ3) is 8.18. The molecule has 0 aliphatic heterocycles. The van der Waals surface area contributed by atoms with Crippen LogP contribution in [0.5, 0.6) is 5.75 Å². The number of ether oxygens (including phenoxy) is 1. The summed E-state index contributed by atoms with van der Waals surface area (Å²) >= 11 is 3.34. The Morgan fingerprint density at radius 2 is 1.71 bits per heavy atom. The Hall–Kier alpha value is -3.98. The number of nitrogens with one attached hydrogen (secondary N) is 3. The quantitative estimate of drug-likeness (QED) is 0.239. The van der Waals surface area contributed by atoms with E-state index in [-0.39, 0.29) is 19.1 Å². The number of hydrogen-bond acceptors (Lipinski definition) is 5. The minimum Gasteiger partial charge on any atom is -0.484 e. The van der Waals surface area contributed by atoms with Gasteiger partial charge in [-0.25, -0.2) is 5.43 Å². The largest absolute Gasteiger partial charge is 0.484 e. The number of benzene rings is 3. The molecule has 0 heterocycles. The number of aryl methyl sites for hydroxylation is 1. The molecule has 3 aromatic rings. The van der Waals surface area contributed by atoms with Crippen LogP contribution in [0.1, 0.15) is 16.7 Å². The van der Waals surface area contributed by atoms with Gasteiger partial charge in [-0.15, -0.1) is 0 Å². The molecule has 0 saturated heterocycles. The summed E-state index contributed by atoms with van der Waals surface area (Å²) < 4.78 is 6.43. The second-order valence-electron chi connectivity index (χ2n) is 7.28. The van der Waals surface area contributed by atoms with Crippen LogP contribution in [0.25, 0.3) is 0 Å². The predicted molar refractivity (Wildman–Crippen MR) is 133 cm³/mol. The summed E-state index contributed by atoms with van der Waals surface area (Å²) in [6.07, 6.45) is 1.37. The Balaban J connectivity index is 1.43. The normalized spacial score (nSPS) is 10.5. The summed E-state index contributed by atoms with van der Waals surface area (Å²) in [7, 11) is 0. The molecule has 0 spiro atoms. The van der Waals surface area contributed by atoms with E-state index < -0.39 is 11.8 Å². The summed E-state index contributed by atoms with van der Waals surface area (Å²) in [5.41, 5.74) is 5.47. The lowest BCUT2D eigenvalue weighted by Crippen LogP contribution is -2.37. The zero-order valence-electron chi connectivity index (χ0n) is 18.4. The maximum atomic E-state index is 12.1. The standard InChI is InChI=1S/C25H23BrN4O4/c1-17-5-7-18(8-6-17)14-27-24(32)25(33)30-28-15-19-3-2-4-22(13-19)34-16-23(31)29-21-11-9-20(26)10-12-21/h2-13,15H,14,16H2,1H3,(H,27,32)(H,29,31)(H,30,33)/b28-15-. The molecule has 0 atom stereocenters. The Labute approximate surface area is 205 Å². The van der Waals surface area contributed by atoms with Crippen molar-refractivity contribution in [1.29, 1.82) is 0 Å². The average Bonchev–Trinajstić information content (AvgIpc) is 2.84. The second-order valence-corrected chi connectivity index (χ2v) is 8.20. The van der Waals surface area contributed by atoms with Gasteiger partial charge in [0.1, 0.15) is 5.75 Å². The van der Waals surface area contributed by atoms with Crippen LogP contribution in [0, 0.1) is 6.92 Å². The Bertz CT molecular complexity index is 1180. The topological polar surface area (TPSA) is 109 Å². The maximum absolute atomic E-state index is 12.1. The third-order valence-electron chi connectivity index (χ3n) is 4.52. The van der Waals surface area contributed by atoms with Crippen molar-refractivity contribution in [2.24, 2.45) is 5.10 Å². The first-order valence-electron chi connectivity index (χ1n) is 10.3. The zero-order chi connectivity index (χ0) is 24.3. The van der Waals surface area contributed by atoms with E-state index in [4.69, 9.17) is 4.74 Å². The molecule has 0 radical (unpaired) electrons. The predicted octanol–water partition coefficient (Wildman–Crippen LogP) is 3.54. The van der Waals surface area contributed by atoms with Gasteiger partial charge in [-0.05, 0) is 54.4 Å². The highest BCUT2D eigenvalue weighted by Gasteiger charge is 2.12. The van der Waals surface area contributed by atoms with E-state index in [1.165, 1.54) is 6.21 Å². The molecule has 3 aromatic carbocycles. The van der Waals surface area contributed by atoms with Crippen LogP contribution >= 0.6 is 15.9 Å². The minimum atomic E-state index is -0.875. The lowest BCUT2D eigenvalue weighted by Gasteiger charge is -2.08. The van der Waals surface area contributed by atoms with E-state index in [2.05, 4.69) is 37.1 Å². The van der Waals surface area contributed by atoms with E-state index >= 15 is 0 Å².